The van der Waals surface area contributed by atoms with Crippen molar-refractivity contribution in [1.29, 1.82) is 0 Å². The second-order valence-electron chi connectivity index (χ2n) is 27.0. The molecule has 0 rings (SSSR count). The first-order valence-electron chi connectivity index (χ1n) is 39.9. The van der Waals surface area contributed by atoms with Gasteiger partial charge in [-0.2, -0.15) is 0 Å². The number of allylic oxidation sites excluding steroid dienone is 8. The fourth-order valence-electron chi connectivity index (χ4n) is 11.1. The number of carbonyl (C=O) groups excluding carboxylic acids is 4. The number of unbranched alkanes of at least 4 members (excludes halogenated alkanes) is 42. The van der Waals surface area contributed by atoms with Crippen LogP contribution >= 0.6 is 15.6 Å². The van der Waals surface area contributed by atoms with Crippen LogP contribution < -0.4 is 0 Å². The molecule has 0 saturated carbocycles. The van der Waals surface area contributed by atoms with Crippen molar-refractivity contribution in [2.75, 3.05) is 39.6 Å². The number of aliphatic hydroxyl groups excluding tert-OH is 1. The largest absolute Gasteiger partial charge is 0.472 e. The normalized spacial score (nSPS) is 14.2. The van der Waals surface area contributed by atoms with E-state index in [1.54, 1.807) is 0 Å². The zero-order valence-electron chi connectivity index (χ0n) is 62.7. The molecule has 17 nitrogen and oxygen atoms in total. The van der Waals surface area contributed by atoms with Crippen LogP contribution in [0.3, 0.4) is 0 Å². The summed E-state index contributed by atoms with van der Waals surface area (Å²) in [7, 11) is -9.94. The molecule has 19 heteroatoms. The van der Waals surface area contributed by atoms with Crippen molar-refractivity contribution in [3.05, 3.63) is 48.6 Å². The van der Waals surface area contributed by atoms with Crippen molar-refractivity contribution in [1.82, 2.24) is 0 Å². The Balaban J connectivity index is 5.33. The lowest BCUT2D eigenvalue weighted by Gasteiger charge is -2.21. The second-order valence-corrected chi connectivity index (χ2v) is 29.9. The zero-order valence-corrected chi connectivity index (χ0v) is 64.5. The predicted octanol–water partition coefficient (Wildman–Crippen LogP) is 22.9. The molecule has 0 aromatic heterocycles. The Hall–Kier alpha value is -2.98. The lowest BCUT2D eigenvalue weighted by molar-refractivity contribution is -0.161. The number of esters is 4. The molecule has 0 radical (unpaired) electrons. The molecule has 0 saturated heterocycles. The van der Waals surface area contributed by atoms with E-state index in [-0.39, 0.29) is 25.7 Å². The van der Waals surface area contributed by atoms with E-state index in [2.05, 4.69) is 76.3 Å². The molecule has 2 unspecified atom stereocenters. The maximum absolute atomic E-state index is 13.1. The Morgan fingerprint density at radius 1 is 0.286 bits per heavy atom. The van der Waals surface area contributed by atoms with Crippen LogP contribution in [0.1, 0.15) is 374 Å². The van der Waals surface area contributed by atoms with Gasteiger partial charge in [0.25, 0.3) is 0 Å². The monoisotopic (exact) mass is 1430 g/mol. The quantitative estimate of drug-likeness (QED) is 0.0169. The fourth-order valence-corrected chi connectivity index (χ4v) is 12.7. The number of hydrogen-bond acceptors (Lipinski definition) is 15. The smallest absolute Gasteiger partial charge is 0.462 e. The van der Waals surface area contributed by atoms with Gasteiger partial charge in [-0.25, -0.2) is 9.13 Å². The summed E-state index contributed by atoms with van der Waals surface area (Å²) in [5.74, 6) is -2.17. The standard InChI is InChI=1S/C79H146O17P2/c1-5-9-13-17-21-25-29-33-36-40-43-47-51-55-59-63-76(81)89-69-74(95-78(83)65-61-57-53-49-45-39-32-28-24-20-16-12-8-4)71-93-97(85,86)91-67-73(80)68-92-98(87,88)94-72-75(96-79(84)66-62-58-54-50-46-42-38-35-31-27-23-19-15-11-7-3)70-90-77(82)64-60-56-52-48-44-41-37-34-30-26-22-18-14-10-6-2/h21,25,33-38,73-75,80H,5-20,22-24,26-32,39-72H2,1-4H3,(H,85,86)(H,87,88)/b25-21-,36-33-,37-34-,38-35-/t73-,74-,75-/m1/s1. The third kappa shape index (κ3) is 71.4. The molecule has 0 spiro atoms. The second kappa shape index (κ2) is 72.4. The number of rotatable bonds is 76. The Kier molecular flexibility index (Phi) is 70.2. The van der Waals surface area contributed by atoms with E-state index >= 15 is 0 Å². The SMILES string of the molecule is CCCCC/C=C\C/C=C\CCCCCCCC(=O)OC[C@H](COP(=O)(O)OC[C@@H](O)COP(=O)(O)OC[C@@H](COC(=O)CCCCCCC/C=C\CCCCCCCC)OC(=O)CCCCCCC/C=C\CCCCCCCC)OC(=O)CCCCCCCCCCCCCCC. The first-order valence-corrected chi connectivity index (χ1v) is 42.9. The molecular formula is C79H146O17P2. The topological polar surface area (TPSA) is 237 Å². The Bertz CT molecular complexity index is 2050. The van der Waals surface area contributed by atoms with Crippen molar-refractivity contribution < 1.29 is 80.2 Å². The minimum absolute atomic E-state index is 0.0887. The maximum atomic E-state index is 13.1. The lowest BCUT2D eigenvalue weighted by atomic mass is 10.0. The summed E-state index contributed by atoms with van der Waals surface area (Å²) in [6.07, 6.45) is 69.4. The van der Waals surface area contributed by atoms with Crippen molar-refractivity contribution >= 4 is 39.5 Å². The van der Waals surface area contributed by atoms with Crippen LogP contribution in [-0.2, 0) is 65.4 Å². The van der Waals surface area contributed by atoms with Gasteiger partial charge in [-0.15, -0.1) is 0 Å². The number of phosphoric acid groups is 2. The molecule has 0 amide bonds. The molecule has 0 heterocycles. The lowest BCUT2D eigenvalue weighted by Crippen LogP contribution is -2.30. The maximum Gasteiger partial charge on any atom is 0.472 e. The molecule has 0 aliphatic carbocycles. The van der Waals surface area contributed by atoms with Gasteiger partial charge < -0.3 is 33.8 Å². The molecule has 0 aliphatic rings. The van der Waals surface area contributed by atoms with Gasteiger partial charge in [-0.1, -0.05) is 288 Å². The van der Waals surface area contributed by atoms with Gasteiger partial charge in [0.15, 0.2) is 12.2 Å². The van der Waals surface area contributed by atoms with E-state index in [4.69, 9.17) is 37.0 Å². The highest BCUT2D eigenvalue weighted by molar-refractivity contribution is 7.47. The number of hydrogen-bond donors (Lipinski definition) is 3. The Morgan fingerprint density at radius 3 is 0.786 bits per heavy atom. The summed E-state index contributed by atoms with van der Waals surface area (Å²) in [5, 5.41) is 10.6. The van der Waals surface area contributed by atoms with E-state index in [1.807, 2.05) is 0 Å². The van der Waals surface area contributed by atoms with Gasteiger partial charge >= 0.3 is 39.5 Å². The summed E-state index contributed by atoms with van der Waals surface area (Å²) in [6.45, 7) is 4.88. The molecule has 0 fully saturated rings. The average Bonchev–Trinajstić information content (AvgIpc) is 0.959. The first-order chi connectivity index (χ1) is 47.7. The minimum Gasteiger partial charge on any atom is -0.462 e. The van der Waals surface area contributed by atoms with Crippen molar-refractivity contribution in [3.8, 4) is 0 Å². The van der Waals surface area contributed by atoms with Gasteiger partial charge in [0.05, 0.1) is 26.4 Å². The van der Waals surface area contributed by atoms with Crippen molar-refractivity contribution in [3.63, 3.8) is 0 Å². The molecule has 98 heavy (non-hydrogen) atoms. The number of aliphatic hydroxyl groups is 1. The summed E-state index contributed by atoms with van der Waals surface area (Å²) < 4.78 is 68.6. The van der Waals surface area contributed by atoms with Crippen LogP contribution in [0, 0.1) is 0 Å². The van der Waals surface area contributed by atoms with Gasteiger partial charge in [-0.05, 0) is 109 Å². The third-order valence-electron chi connectivity index (χ3n) is 17.3. The zero-order chi connectivity index (χ0) is 71.8. The fraction of sp³-hybridized carbons (Fsp3) is 0.848. The summed E-state index contributed by atoms with van der Waals surface area (Å²) in [6, 6.07) is 0. The molecule has 0 bridgehead atoms. The third-order valence-corrected chi connectivity index (χ3v) is 19.2. The van der Waals surface area contributed by atoms with Crippen LogP contribution in [0.2, 0.25) is 0 Å². The Labute approximate surface area is 597 Å². The van der Waals surface area contributed by atoms with E-state index in [0.717, 1.165) is 148 Å². The first kappa shape index (κ1) is 95.0. The highest BCUT2D eigenvalue weighted by Crippen LogP contribution is 2.45. The van der Waals surface area contributed by atoms with Gasteiger partial charge in [-0.3, -0.25) is 37.3 Å². The molecular weight excluding hydrogens is 1280 g/mol. The van der Waals surface area contributed by atoms with Crippen LogP contribution in [-0.4, -0.2) is 96.7 Å². The van der Waals surface area contributed by atoms with Crippen LogP contribution in [0.5, 0.6) is 0 Å². The highest BCUT2D eigenvalue weighted by Gasteiger charge is 2.30. The molecule has 0 aromatic rings. The predicted molar refractivity (Wildman–Crippen MR) is 400 cm³/mol. The van der Waals surface area contributed by atoms with E-state index in [9.17, 15) is 43.2 Å². The van der Waals surface area contributed by atoms with Crippen LogP contribution in [0.15, 0.2) is 48.6 Å². The highest BCUT2D eigenvalue weighted by atomic mass is 31.2. The van der Waals surface area contributed by atoms with E-state index in [1.165, 1.54) is 148 Å². The molecule has 0 aliphatic heterocycles. The summed E-state index contributed by atoms with van der Waals surface area (Å²) >= 11 is 0. The molecule has 3 N–H and O–H groups in total. The number of carbonyl (C=O) groups is 4. The molecule has 5 atom stereocenters. The van der Waals surface area contributed by atoms with E-state index < -0.39 is 97.5 Å². The average molecular weight is 1430 g/mol. The van der Waals surface area contributed by atoms with E-state index in [0.29, 0.717) is 25.7 Å². The van der Waals surface area contributed by atoms with Crippen molar-refractivity contribution in [2.24, 2.45) is 0 Å². The number of phosphoric ester groups is 2. The van der Waals surface area contributed by atoms with Crippen LogP contribution in [0.4, 0.5) is 0 Å². The molecule has 0 aromatic carbocycles. The summed E-state index contributed by atoms with van der Waals surface area (Å²) in [5.41, 5.74) is 0. The summed E-state index contributed by atoms with van der Waals surface area (Å²) in [4.78, 5) is 72.9. The number of ether oxygens (including phenoxy) is 4. The molecule has 574 valence electrons. The van der Waals surface area contributed by atoms with Gasteiger partial charge in [0.2, 0.25) is 0 Å². The Morgan fingerprint density at radius 2 is 0.500 bits per heavy atom. The van der Waals surface area contributed by atoms with Crippen LogP contribution in [0.25, 0.3) is 0 Å². The van der Waals surface area contributed by atoms with Gasteiger partial charge in [0, 0.05) is 25.7 Å². The van der Waals surface area contributed by atoms with Gasteiger partial charge in [0.1, 0.15) is 19.3 Å². The van der Waals surface area contributed by atoms with Crippen molar-refractivity contribution in [2.45, 2.75) is 393 Å². The minimum atomic E-state index is -4.97.